The van der Waals surface area contributed by atoms with Crippen molar-refractivity contribution >= 4 is 15.7 Å². The van der Waals surface area contributed by atoms with Crippen LogP contribution < -0.4 is 4.72 Å². The highest BCUT2D eigenvalue weighted by atomic mass is 32.2. The summed E-state index contributed by atoms with van der Waals surface area (Å²) in [5.74, 6) is 0. The lowest BCUT2D eigenvalue weighted by Crippen LogP contribution is -2.34. The van der Waals surface area contributed by atoms with E-state index in [1.165, 1.54) is 23.8 Å². The molecule has 0 aliphatic carbocycles. The second kappa shape index (κ2) is 8.60. The number of nitro benzene ring substituents is 1. The Balaban J connectivity index is 2.21. The van der Waals surface area contributed by atoms with Crippen LogP contribution >= 0.6 is 0 Å². The van der Waals surface area contributed by atoms with E-state index < -0.39 is 14.9 Å². The molecule has 0 amide bonds. The minimum absolute atomic E-state index is 0.0481. The van der Waals surface area contributed by atoms with Crippen LogP contribution in [0, 0.1) is 17.0 Å². The van der Waals surface area contributed by atoms with E-state index in [1.807, 2.05) is 43.3 Å². The molecule has 0 bridgehead atoms. The van der Waals surface area contributed by atoms with Crippen molar-refractivity contribution < 1.29 is 13.3 Å². The summed E-state index contributed by atoms with van der Waals surface area (Å²) in [6, 6.07) is 11.7. The molecule has 2 aromatic rings. The molecule has 0 fully saturated rings. The number of likely N-dealkylation sites (N-methyl/N-ethyl adjacent to an activating group) is 1. The first-order valence-electron chi connectivity index (χ1n) is 8.65. The largest absolute Gasteiger partial charge is 0.301 e. The van der Waals surface area contributed by atoms with Gasteiger partial charge in [0.2, 0.25) is 10.0 Å². The number of benzene rings is 2. The number of sulfonamides is 1. The zero-order valence-electron chi connectivity index (χ0n) is 16.0. The van der Waals surface area contributed by atoms with Gasteiger partial charge >= 0.3 is 0 Å². The molecule has 146 valence electrons. The van der Waals surface area contributed by atoms with Gasteiger partial charge in [-0.15, -0.1) is 0 Å². The van der Waals surface area contributed by atoms with E-state index in [1.54, 1.807) is 6.92 Å². The second-order valence-electron chi connectivity index (χ2n) is 6.63. The summed E-state index contributed by atoms with van der Waals surface area (Å²) >= 11 is 0. The molecule has 1 atom stereocenters. The highest BCUT2D eigenvalue weighted by molar-refractivity contribution is 7.89. The molecule has 0 heterocycles. The van der Waals surface area contributed by atoms with E-state index in [2.05, 4.69) is 11.6 Å². The van der Waals surface area contributed by atoms with Crippen LogP contribution in [0.1, 0.15) is 29.7 Å². The Morgan fingerprint density at radius 3 is 2.26 bits per heavy atom. The summed E-state index contributed by atoms with van der Waals surface area (Å²) in [7, 11) is 0.00328. The van der Waals surface area contributed by atoms with Crippen molar-refractivity contribution in [2.75, 3.05) is 20.6 Å². The van der Waals surface area contributed by atoms with Crippen LogP contribution in [-0.4, -0.2) is 38.9 Å². The van der Waals surface area contributed by atoms with Gasteiger partial charge in [-0.25, -0.2) is 13.1 Å². The van der Waals surface area contributed by atoms with Gasteiger partial charge in [0.1, 0.15) is 0 Å². The molecule has 8 heteroatoms. The highest BCUT2D eigenvalue weighted by Gasteiger charge is 2.22. The first kappa shape index (κ1) is 21.0. The van der Waals surface area contributed by atoms with E-state index in [0.29, 0.717) is 5.56 Å². The quantitative estimate of drug-likeness (QED) is 0.551. The monoisotopic (exact) mass is 391 g/mol. The van der Waals surface area contributed by atoms with Crippen LogP contribution in [0.5, 0.6) is 0 Å². The van der Waals surface area contributed by atoms with Gasteiger partial charge in [0.25, 0.3) is 5.69 Å². The van der Waals surface area contributed by atoms with Crippen molar-refractivity contribution in [2.24, 2.45) is 0 Å². The molecule has 2 rings (SSSR count). The van der Waals surface area contributed by atoms with Crippen molar-refractivity contribution in [1.29, 1.82) is 0 Å². The standard InChI is InChI=1S/C19H25N3O4S/c1-5-15-6-8-16(9-7-15)18(21(3)4)13-20-27(25,26)19-11-10-17(22(23)24)12-14(19)2/h6-12,18,20H,5,13H2,1-4H3. The molecule has 0 aliphatic heterocycles. The van der Waals surface area contributed by atoms with Crippen LogP contribution in [0.4, 0.5) is 5.69 Å². The zero-order chi connectivity index (χ0) is 20.2. The molecule has 1 unspecified atom stereocenters. The average molecular weight is 391 g/mol. The molecular formula is C19H25N3O4S. The molecule has 1 N–H and O–H groups in total. The summed E-state index contributed by atoms with van der Waals surface area (Å²) in [5, 5.41) is 10.8. The van der Waals surface area contributed by atoms with Gasteiger partial charge in [-0.1, -0.05) is 31.2 Å². The SMILES string of the molecule is CCc1ccc(C(CNS(=O)(=O)c2ccc([N+](=O)[O-])cc2C)N(C)C)cc1. The third-order valence-corrected chi connectivity index (χ3v) is 6.11. The summed E-state index contributed by atoms with van der Waals surface area (Å²) in [4.78, 5) is 12.3. The molecule has 0 radical (unpaired) electrons. The molecular weight excluding hydrogens is 366 g/mol. The predicted octanol–water partition coefficient (Wildman–Crippen LogP) is 3.05. The van der Waals surface area contributed by atoms with E-state index in [0.717, 1.165) is 12.0 Å². The Kier molecular flexibility index (Phi) is 6.69. The lowest BCUT2D eigenvalue weighted by atomic mass is 10.0. The Bertz CT molecular complexity index is 909. The maximum atomic E-state index is 12.7. The normalized spacial score (nSPS) is 12.9. The average Bonchev–Trinajstić information content (AvgIpc) is 2.61. The number of non-ortho nitro benzene ring substituents is 1. The fourth-order valence-corrected chi connectivity index (χ4v) is 4.15. The van der Waals surface area contributed by atoms with Gasteiger partial charge < -0.3 is 4.90 Å². The smallest absolute Gasteiger partial charge is 0.269 e. The van der Waals surface area contributed by atoms with Gasteiger partial charge in [-0.05, 0) is 50.2 Å². The number of nitrogens with one attached hydrogen (secondary N) is 1. The molecule has 0 spiro atoms. The van der Waals surface area contributed by atoms with Crippen LogP contribution in [0.3, 0.4) is 0 Å². The maximum absolute atomic E-state index is 12.7. The number of aryl methyl sites for hydroxylation is 2. The second-order valence-corrected chi connectivity index (χ2v) is 8.37. The fraction of sp³-hybridized carbons (Fsp3) is 0.368. The van der Waals surface area contributed by atoms with Crippen molar-refractivity contribution in [1.82, 2.24) is 9.62 Å². The van der Waals surface area contributed by atoms with Gasteiger partial charge in [0, 0.05) is 24.7 Å². The van der Waals surface area contributed by atoms with Gasteiger partial charge in [-0.3, -0.25) is 10.1 Å². The van der Waals surface area contributed by atoms with Crippen molar-refractivity contribution in [3.8, 4) is 0 Å². The lowest BCUT2D eigenvalue weighted by molar-refractivity contribution is -0.385. The topological polar surface area (TPSA) is 92.5 Å². The Labute approximate surface area is 160 Å². The van der Waals surface area contributed by atoms with Gasteiger partial charge in [-0.2, -0.15) is 0 Å². The van der Waals surface area contributed by atoms with Crippen molar-refractivity contribution in [3.63, 3.8) is 0 Å². The zero-order valence-corrected chi connectivity index (χ0v) is 16.8. The van der Waals surface area contributed by atoms with Gasteiger partial charge in [0.05, 0.1) is 9.82 Å². The lowest BCUT2D eigenvalue weighted by Gasteiger charge is -2.25. The van der Waals surface area contributed by atoms with E-state index in [4.69, 9.17) is 0 Å². The van der Waals surface area contributed by atoms with Crippen LogP contribution in [0.15, 0.2) is 47.4 Å². The number of rotatable bonds is 8. The maximum Gasteiger partial charge on any atom is 0.269 e. The number of hydrogen-bond donors (Lipinski definition) is 1. The Hall–Kier alpha value is -2.29. The summed E-state index contributed by atoms with van der Waals surface area (Å²) in [6.45, 7) is 3.82. The third-order valence-electron chi connectivity index (χ3n) is 4.52. The Morgan fingerprint density at radius 2 is 1.78 bits per heavy atom. The predicted molar refractivity (Wildman–Crippen MR) is 105 cm³/mol. The van der Waals surface area contributed by atoms with Crippen molar-refractivity contribution in [2.45, 2.75) is 31.2 Å². The van der Waals surface area contributed by atoms with E-state index in [-0.39, 0.29) is 23.2 Å². The summed E-state index contributed by atoms with van der Waals surface area (Å²) in [5.41, 5.74) is 2.44. The number of nitro groups is 1. The minimum Gasteiger partial charge on any atom is -0.301 e. The van der Waals surface area contributed by atoms with Gasteiger partial charge in [0.15, 0.2) is 0 Å². The first-order chi connectivity index (χ1) is 12.7. The molecule has 0 aliphatic rings. The molecule has 27 heavy (non-hydrogen) atoms. The molecule has 0 aromatic heterocycles. The van der Waals surface area contributed by atoms with E-state index >= 15 is 0 Å². The van der Waals surface area contributed by atoms with Crippen LogP contribution in [0.2, 0.25) is 0 Å². The third kappa shape index (κ3) is 5.12. The van der Waals surface area contributed by atoms with Crippen LogP contribution in [-0.2, 0) is 16.4 Å². The summed E-state index contributed by atoms with van der Waals surface area (Å²) < 4.78 is 28.0. The van der Waals surface area contributed by atoms with Crippen molar-refractivity contribution in [3.05, 3.63) is 69.3 Å². The molecule has 7 nitrogen and oxygen atoms in total. The van der Waals surface area contributed by atoms with E-state index in [9.17, 15) is 18.5 Å². The Morgan fingerprint density at radius 1 is 1.15 bits per heavy atom. The molecule has 0 saturated carbocycles. The van der Waals surface area contributed by atoms with Crippen LogP contribution in [0.25, 0.3) is 0 Å². The fourth-order valence-electron chi connectivity index (χ4n) is 2.89. The molecule has 0 saturated heterocycles. The number of nitrogens with zero attached hydrogens (tertiary/aromatic N) is 2. The molecule has 2 aromatic carbocycles. The minimum atomic E-state index is -3.78. The highest BCUT2D eigenvalue weighted by Crippen LogP contribution is 2.23. The summed E-state index contributed by atoms with van der Waals surface area (Å²) in [6.07, 6.45) is 0.943. The number of hydrogen-bond acceptors (Lipinski definition) is 5. The first-order valence-corrected chi connectivity index (χ1v) is 10.1.